The van der Waals surface area contributed by atoms with Crippen molar-refractivity contribution in [3.8, 4) is 0 Å². The molecule has 0 amide bonds. The normalized spacial score (nSPS) is 30.6. The summed E-state index contributed by atoms with van der Waals surface area (Å²) in [5.74, 6) is 2.60. The number of hydrogen-bond donors (Lipinski definition) is 1. The number of rotatable bonds is 4. The van der Waals surface area contributed by atoms with Crippen LogP contribution in [0.5, 0.6) is 0 Å². The lowest BCUT2D eigenvalue weighted by atomic mass is 10.0. The molecule has 3 heteroatoms. The second-order valence-corrected chi connectivity index (χ2v) is 7.03. The molecule has 0 radical (unpaired) electrons. The van der Waals surface area contributed by atoms with Crippen molar-refractivity contribution in [3.05, 3.63) is 29.8 Å². The van der Waals surface area contributed by atoms with Crippen LogP contribution in [0.1, 0.15) is 30.7 Å². The van der Waals surface area contributed by atoms with Crippen LogP contribution in [0.15, 0.2) is 29.2 Å². The first-order valence-corrected chi connectivity index (χ1v) is 8.33. The molecule has 3 unspecified atom stereocenters. The molecule has 3 atom stereocenters. The molecule has 1 aromatic carbocycles. The highest BCUT2D eigenvalue weighted by Crippen LogP contribution is 2.39. The molecular weight excluding hydrogens is 262 g/mol. The van der Waals surface area contributed by atoms with Crippen LogP contribution in [0.25, 0.3) is 0 Å². The second kappa shape index (κ2) is 5.85. The van der Waals surface area contributed by atoms with Crippen LogP contribution in [0, 0.1) is 5.92 Å². The van der Waals surface area contributed by atoms with Gasteiger partial charge >= 0.3 is 0 Å². The first-order chi connectivity index (χ1) is 8.84. The Balaban J connectivity index is 1.50. The minimum atomic E-state index is 0.405. The third kappa shape index (κ3) is 2.71. The Kier molecular flexibility index (Phi) is 4.17. The van der Waals surface area contributed by atoms with Gasteiger partial charge in [0, 0.05) is 28.5 Å². The summed E-state index contributed by atoms with van der Waals surface area (Å²) in [6.07, 6.45) is 3.82. The number of thioether (sulfide) groups is 1. The molecule has 1 nitrogen and oxygen atoms in total. The molecule has 2 aliphatic rings. The maximum Gasteiger partial charge on any atom is 0.0376 e. The SMILES string of the molecule is ClC1CCCC1CNCC1CSc2ccccc21. The molecule has 98 valence electrons. The summed E-state index contributed by atoms with van der Waals surface area (Å²) in [6, 6.07) is 8.81. The quantitative estimate of drug-likeness (QED) is 0.841. The van der Waals surface area contributed by atoms with E-state index in [9.17, 15) is 0 Å². The van der Waals surface area contributed by atoms with Gasteiger partial charge in [0.05, 0.1) is 0 Å². The van der Waals surface area contributed by atoms with Crippen LogP contribution < -0.4 is 5.32 Å². The van der Waals surface area contributed by atoms with E-state index in [1.54, 1.807) is 0 Å². The maximum absolute atomic E-state index is 6.31. The molecular formula is C15H20ClNS. The number of fused-ring (bicyclic) bond motifs is 1. The average molecular weight is 282 g/mol. The Morgan fingerprint density at radius 3 is 2.94 bits per heavy atom. The summed E-state index contributed by atoms with van der Waals surface area (Å²) in [5.41, 5.74) is 1.53. The molecule has 0 saturated heterocycles. The lowest BCUT2D eigenvalue weighted by Crippen LogP contribution is -2.29. The molecule has 1 aliphatic carbocycles. The molecule has 3 rings (SSSR count). The van der Waals surface area contributed by atoms with Gasteiger partial charge in [-0.25, -0.2) is 0 Å². The summed E-state index contributed by atoms with van der Waals surface area (Å²) in [6.45, 7) is 2.20. The smallest absolute Gasteiger partial charge is 0.0376 e. The van der Waals surface area contributed by atoms with Crippen molar-refractivity contribution >= 4 is 23.4 Å². The highest BCUT2D eigenvalue weighted by Gasteiger charge is 2.26. The van der Waals surface area contributed by atoms with Gasteiger partial charge in [0.2, 0.25) is 0 Å². The Morgan fingerprint density at radius 2 is 2.11 bits per heavy atom. The van der Waals surface area contributed by atoms with Gasteiger partial charge in [-0.1, -0.05) is 24.6 Å². The van der Waals surface area contributed by atoms with Crippen molar-refractivity contribution in [2.45, 2.75) is 35.5 Å². The van der Waals surface area contributed by atoms with Gasteiger partial charge in [-0.15, -0.1) is 23.4 Å². The third-order valence-electron chi connectivity index (χ3n) is 4.16. The minimum Gasteiger partial charge on any atom is -0.316 e. The summed E-state index contributed by atoms with van der Waals surface area (Å²) < 4.78 is 0. The Hall–Kier alpha value is -0.180. The third-order valence-corrected chi connectivity index (χ3v) is 5.99. The average Bonchev–Trinajstić information content (AvgIpc) is 2.97. The molecule has 1 N–H and O–H groups in total. The van der Waals surface area contributed by atoms with E-state index in [4.69, 9.17) is 11.6 Å². The van der Waals surface area contributed by atoms with Gasteiger partial charge in [-0.05, 0) is 36.9 Å². The molecule has 1 heterocycles. The van der Waals surface area contributed by atoms with E-state index in [1.807, 2.05) is 11.8 Å². The number of benzene rings is 1. The molecule has 18 heavy (non-hydrogen) atoms. The fourth-order valence-electron chi connectivity index (χ4n) is 3.06. The number of nitrogens with one attached hydrogen (secondary N) is 1. The zero-order chi connectivity index (χ0) is 12.4. The van der Waals surface area contributed by atoms with E-state index in [-0.39, 0.29) is 0 Å². The Labute approximate surface area is 119 Å². The Morgan fingerprint density at radius 1 is 1.22 bits per heavy atom. The van der Waals surface area contributed by atoms with E-state index in [1.165, 1.54) is 35.5 Å². The van der Waals surface area contributed by atoms with Crippen LogP contribution in [-0.2, 0) is 0 Å². The van der Waals surface area contributed by atoms with Crippen LogP contribution in [0.2, 0.25) is 0 Å². The van der Waals surface area contributed by atoms with E-state index >= 15 is 0 Å². The summed E-state index contributed by atoms with van der Waals surface area (Å²) in [5, 5.41) is 4.05. The molecule has 0 spiro atoms. The van der Waals surface area contributed by atoms with Crippen molar-refractivity contribution in [1.29, 1.82) is 0 Å². The maximum atomic E-state index is 6.31. The lowest BCUT2D eigenvalue weighted by Gasteiger charge is -2.17. The number of halogens is 1. The van der Waals surface area contributed by atoms with E-state index < -0.39 is 0 Å². The predicted molar refractivity (Wildman–Crippen MR) is 79.8 cm³/mol. The van der Waals surface area contributed by atoms with Crippen molar-refractivity contribution in [3.63, 3.8) is 0 Å². The molecule has 1 aromatic rings. The molecule has 0 bridgehead atoms. The van der Waals surface area contributed by atoms with E-state index in [0.29, 0.717) is 17.2 Å². The first-order valence-electron chi connectivity index (χ1n) is 6.91. The van der Waals surface area contributed by atoms with Crippen LogP contribution in [-0.4, -0.2) is 24.2 Å². The largest absolute Gasteiger partial charge is 0.316 e. The monoisotopic (exact) mass is 281 g/mol. The topological polar surface area (TPSA) is 12.0 Å². The predicted octanol–water partition coefficient (Wildman–Crippen LogP) is 3.87. The van der Waals surface area contributed by atoms with Crippen LogP contribution >= 0.6 is 23.4 Å². The zero-order valence-electron chi connectivity index (χ0n) is 10.6. The number of alkyl halides is 1. The second-order valence-electron chi connectivity index (χ2n) is 5.41. The van der Waals surface area contributed by atoms with Gasteiger partial charge in [0.1, 0.15) is 0 Å². The Bertz CT molecular complexity index is 409. The highest BCUT2D eigenvalue weighted by atomic mass is 35.5. The molecule has 1 fully saturated rings. The molecule has 1 saturated carbocycles. The summed E-state index contributed by atoms with van der Waals surface area (Å²) >= 11 is 8.30. The van der Waals surface area contributed by atoms with Gasteiger partial charge < -0.3 is 5.32 Å². The van der Waals surface area contributed by atoms with Crippen LogP contribution in [0.3, 0.4) is 0 Å². The van der Waals surface area contributed by atoms with Gasteiger partial charge in [0.15, 0.2) is 0 Å². The summed E-state index contributed by atoms with van der Waals surface area (Å²) in [4.78, 5) is 1.47. The van der Waals surface area contributed by atoms with E-state index in [0.717, 1.165) is 13.1 Å². The van der Waals surface area contributed by atoms with Crippen molar-refractivity contribution in [2.75, 3.05) is 18.8 Å². The van der Waals surface area contributed by atoms with Crippen LogP contribution in [0.4, 0.5) is 0 Å². The van der Waals surface area contributed by atoms with Gasteiger partial charge in [0.25, 0.3) is 0 Å². The van der Waals surface area contributed by atoms with Gasteiger partial charge in [-0.3, -0.25) is 0 Å². The first kappa shape index (κ1) is 12.8. The molecule has 1 aliphatic heterocycles. The fourth-order valence-corrected chi connectivity index (χ4v) is 4.69. The lowest BCUT2D eigenvalue weighted by molar-refractivity contribution is 0.483. The van der Waals surface area contributed by atoms with Gasteiger partial charge in [-0.2, -0.15) is 0 Å². The van der Waals surface area contributed by atoms with Crippen molar-refractivity contribution in [2.24, 2.45) is 5.92 Å². The highest BCUT2D eigenvalue weighted by molar-refractivity contribution is 7.99. The van der Waals surface area contributed by atoms with E-state index in [2.05, 4.69) is 29.6 Å². The summed E-state index contributed by atoms with van der Waals surface area (Å²) in [7, 11) is 0. The molecule has 0 aromatic heterocycles. The standard InChI is InChI=1S/C15H20ClNS/c16-14-6-3-4-11(14)8-17-9-12-10-18-15-7-2-1-5-13(12)15/h1-2,5,7,11-12,14,17H,3-4,6,8-10H2. The fraction of sp³-hybridized carbons (Fsp3) is 0.600. The van der Waals surface area contributed by atoms with Crippen molar-refractivity contribution in [1.82, 2.24) is 5.32 Å². The minimum absolute atomic E-state index is 0.405. The number of hydrogen-bond acceptors (Lipinski definition) is 2. The van der Waals surface area contributed by atoms with Crippen molar-refractivity contribution < 1.29 is 0 Å². The zero-order valence-corrected chi connectivity index (χ0v) is 12.1.